The van der Waals surface area contributed by atoms with E-state index in [1.54, 1.807) is 29.0 Å². The van der Waals surface area contributed by atoms with Gasteiger partial charge in [0.05, 0.1) is 4.92 Å². The Hall–Kier alpha value is -2.76. The number of hydrogen-bond acceptors (Lipinski definition) is 2. The first-order valence-electron chi connectivity index (χ1n) is 6.22. The molecule has 0 saturated carbocycles. The van der Waals surface area contributed by atoms with Crippen molar-refractivity contribution >= 4 is 16.6 Å². The van der Waals surface area contributed by atoms with Crippen molar-refractivity contribution in [2.75, 3.05) is 0 Å². The van der Waals surface area contributed by atoms with Crippen molar-refractivity contribution in [3.05, 3.63) is 76.0 Å². The first-order chi connectivity index (χ1) is 10.0. The van der Waals surface area contributed by atoms with Gasteiger partial charge in [0.2, 0.25) is 0 Å². The van der Waals surface area contributed by atoms with Crippen LogP contribution in [0.1, 0.15) is 5.56 Å². The molecule has 1 aromatic heterocycles. The highest BCUT2D eigenvalue weighted by molar-refractivity contribution is 5.88. The number of para-hydroxylation sites is 1. The Bertz CT molecular complexity index is 823. The van der Waals surface area contributed by atoms with E-state index in [4.69, 9.17) is 0 Å². The number of non-ortho nitro benzene ring substituents is 1. The summed E-state index contributed by atoms with van der Waals surface area (Å²) in [4.78, 5) is 10.6. The first-order valence-corrected chi connectivity index (χ1v) is 6.22. The molecule has 0 radical (unpaired) electrons. The van der Waals surface area contributed by atoms with Crippen molar-refractivity contribution in [1.82, 2.24) is 4.57 Å². The number of hydrogen-bond donors (Lipinski definition) is 0. The lowest BCUT2D eigenvalue weighted by Gasteiger charge is -2.06. The molecule has 0 fully saturated rings. The van der Waals surface area contributed by atoms with Gasteiger partial charge in [-0.2, -0.15) is 0 Å². The van der Waals surface area contributed by atoms with Crippen LogP contribution in [0.2, 0.25) is 0 Å². The second-order valence-corrected chi connectivity index (χ2v) is 4.69. The number of aromatic nitrogens is 1. The Labute approximate surface area is 118 Å². The zero-order valence-corrected chi connectivity index (χ0v) is 10.8. The highest BCUT2D eigenvalue weighted by Crippen LogP contribution is 2.27. The summed E-state index contributed by atoms with van der Waals surface area (Å²) in [5.41, 5.74) is 0.810. The number of benzene rings is 2. The lowest BCUT2D eigenvalue weighted by atomic mass is 10.2. The summed E-state index contributed by atoms with van der Waals surface area (Å²) in [7, 11) is 0. The third kappa shape index (κ3) is 2.47. The average molecular weight is 288 g/mol. The lowest BCUT2D eigenvalue weighted by Crippen LogP contribution is -2.01. The fourth-order valence-electron chi connectivity index (χ4n) is 2.42. The molecule has 0 aliphatic heterocycles. The topological polar surface area (TPSA) is 48.1 Å². The van der Waals surface area contributed by atoms with Crippen molar-refractivity contribution < 1.29 is 13.7 Å². The molecule has 0 atom stereocenters. The van der Waals surface area contributed by atoms with Crippen LogP contribution in [0.5, 0.6) is 0 Å². The van der Waals surface area contributed by atoms with Crippen LogP contribution in [0.3, 0.4) is 0 Å². The van der Waals surface area contributed by atoms with Crippen LogP contribution in [0.4, 0.5) is 14.5 Å². The molecule has 0 saturated heterocycles. The van der Waals surface area contributed by atoms with Gasteiger partial charge in [0.15, 0.2) is 0 Å². The van der Waals surface area contributed by atoms with E-state index in [9.17, 15) is 18.9 Å². The predicted octanol–water partition coefficient (Wildman–Crippen LogP) is 3.88. The van der Waals surface area contributed by atoms with Crippen molar-refractivity contribution in [2.45, 2.75) is 6.54 Å². The molecule has 21 heavy (non-hydrogen) atoms. The molecular formula is C15H10F2N2O2. The van der Waals surface area contributed by atoms with Crippen LogP contribution in [-0.2, 0) is 6.54 Å². The van der Waals surface area contributed by atoms with E-state index in [-0.39, 0.29) is 12.2 Å². The SMILES string of the molecule is O=[N+]([O-])c1cccc2ccn(Cc3cc(F)cc(F)c3)c12. The Morgan fingerprint density at radius 1 is 1.10 bits per heavy atom. The van der Waals surface area contributed by atoms with Crippen LogP contribution in [0, 0.1) is 21.7 Å². The summed E-state index contributed by atoms with van der Waals surface area (Å²) in [6, 6.07) is 9.72. The molecule has 2 aromatic carbocycles. The van der Waals surface area contributed by atoms with E-state index in [0.29, 0.717) is 16.5 Å². The van der Waals surface area contributed by atoms with Crippen LogP contribution >= 0.6 is 0 Å². The Balaban J connectivity index is 2.10. The van der Waals surface area contributed by atoms with Gasteiger partial charge in [-0.15, -0.1) is 0 Å². The molecule has 0 unspecified atom stereocenters. The number of nitro groups is 1. The van der Waals surface area contributed by atoms with Gasteiger partial charge < -0.3 is 4.57 Å². The molecule has 0 bridgehead atoms. The zero-order valence-electron chi connectivity index (χ0n) is 10.8. The minimum atomic E-state index is -0.670. The van der Waals surface area contributed by atoms with E-state index >= 15 is 0 Å². The highest BCUT2D eigenvalue weighted by atomic mass is 19.1. The fraction of sp³-hybridized carbons (Fsp3) is 0.0667. The summed E-state index contributed by atoms with van der Waals surface area (Å²) in [5, 5.41) is 11.8. The maximum atomic E-state index is 13.2. The number of rotatable bonds is 3. The van der Waals surface area contributed by atoms with E-state index in [2.05, 4.69) is 0 Å². The first kappa shape index (κ1) is 13.2. The number of nitro benzene ring substituents is 1. The van der Waals surface area contributed by atoms with E-state index in [1.165, 1.54) is 18.2 Å². The van der Waals surface area contributed by atoms with Gasteiger partial charge in [0.1, 0.15) is 17.2 Å². The monoisotopic (exact) mass is 288 g/mol. The largest absolute Gasteiger partial charge is 0.337 e. The maximum Gasteiger partial charge on any atom is 0.293 e. The molecule has 0 aliphatic carbocycles. The van der Waals surface area contributed by atoms with Crippen molar-refractivity contribution in [3.8, 4) is 0 Å². The molecule has 3 rings (SSSR count). The van der Waals surface area contributed by atoms with Crippen molar-refractivity contribution in [3.63, 3.8) is 0 Å². The molecule has 0 N–H and O–H groups in total. The molecule has 4 nitrogen and oxygen atoms in total. The molecular weight excluding hydrogens is 278 g/mol. The van der Waals surface area contributed by atoms with Crippen LogP contribution < -0.4 is 0 Å². The lowest BCUT2D eigenvalue weighted by molar-refractivity contribution is -0.383. The van der Waals surface area contributed by atoms with Gasteiger partial charge in [-0.3, -0.25) is 10.1 Å². The Morgan fingerprint density at radius 2 is 1.81 bits per heavy atom. The summed E-state index contributed by atoms with van der Waals surface area (Å²) < 4.78 is 28.1. The molecule has 0 amide bonds. The smallest absolute Gasteiger partial charge is 0.293 e. The normalized spacial score (nSPS) is 11.0. The summed E-state index contributed by atoms with van der Waals surface area (Å²) in [6.45, 7) is 0.156. The Morgan fingerprint density at radius 3 is 2.48 bits per heavy atom. The van der Waals surface area contributed by atoms with E-state index in [0.717, 1.165) is 6.07 Å². The van der Waals surface area contributed by atoms with Crippen LogP contribution in [0.15, 0.2) is 48.7 Å². The highest BCUT2D eigenvalue weighted by Gasteiger charge is 2.15. The minimum Gasteiger partial charge on any atom is -0.337 e. The third-order valence-electron chi connectivity index (χ3n) is 3.24. The van der Waals surface area contributed by atoms with Gasteiger partial charge in [-0.05, 0) is 23.8 Å². The fourth-order valence-corrected chi connectivity index (χ4v) is 2.42. The molecule has 1 heterocycles. The van der Waals surface area contributed by atoms with Crippen LogP contribution in [-0.4, -0.2) is 9.49 Å². The quantitative estimate of drug-likeness (QED) is 0.542. The summed E-state index contributed by atoms with van der Waals surface area (Å²) in [5.74, 6) is -1.34. The molecule has 3 aromatic rings. The molecule has 106 valence electrons. The van der Waals surface area contributed by atoms with Crippen LogP contribution in [0.25, 0.3) is 10.9 Å². The van der Waals surface area contributed by atoms with Gasteiger partial charge in [0.25, 0.3) is 5.69 Å². The Kier molecular flexibility index (Phi) is 3.13. The summed E-state index contributed by atoms with van der Waals surface area (Å²) in [6.07, 6.45) is 1.67. The zero-order chi connectivity index (χ0) is 15.0. The van der Waals surface area contributed by atoms with Gasteiger partial charge in [0, 0.05) is 30.3 Å². The van der Waals surface area contributed by atoms with Gasteiger partial charge in [-0.25, -0.2) is 8.78 Å². The van der Waals surface area contributed by atoms with E-state index in [1.807, 2.05) is 0 Å². The second-order valence-electron chi connectivity index (χ2n) is 4.69. The van der Waals surface area contributed by atoms with E-state index < -0.39 is 16.6 Å². The molecule has 0 aliphatic rings. The third-order valence-corrected chi connectivity index (χ3v) is 3.24. The summed E-state index contributed by atoms with van der Waals surface area (Å²) >= 11 is 0. The van der Waals surface area contributed by atoms with Crippen molar-refractivity contribution in [2.24, 2.45) is 0 Å². The standard InChI is InChI=1S/C15H10F2N2O2/c16-12-6-10(7-13(17)8-12)9-18-5-4-11-2-1-3-14(15(11)18)19(20)21/h1-8H,9H2. The minimum absolute atomic E-state index is 0.0330. The number of fused-ring (bicyclic) bond motifs is 1. The van der Waals surface area contributed by atoms with Gasteiger partial charge in [-0.1, -0.05) is 12.1 Å². The predicted molar refractivity (Wildman–Crippen MR) is 74.1 cm³/mol. The average Bonchev–Trinajstić information content (AvgIpc) is 2.80. The number of nitrogens with zero attached hydrogens (tertiary/aromatic N) is 2. The second kappa shape index (κ2) is 4.97. The number of halogens is 2. The van der Waals surface area contributed by atoms with Gasteiger partial charge >= 0.3 is 0 Å². The van der Waals surface area contributed by atoms with Crippen molar-refractivity contribution in [1.29, 1.82) is 0 Å². The molecule has 0 spiro atoms. The maximum absolute atomic E-state index is 13.2. The molecule has 6 heteroatoms.